The number of hydrogen-bond acceptors (Lipinski definition) is 3. The van der Waals surface area contributed by atoms with E-state index in [-0.39, 0.29) is 11.0 Å². The van der Waals surface area contributed by atoms with Crippen LogP contribution < -0.4 is 0 Å². The first-order valence-electron chi connectivity index (χ1n) is 7.74. The van der Waals surface area contributed by atoms with E-state index >= 15 is 0 Å². The normalized spacial score (nSPS) is 15.8. The second kappa shape index (κ2) is 7.60. The molecule has 0 rings (SSSR count). The first-order chi connectivity index (χ1) is 8.97. The second-order valence-electron chi connectivity index (χ2n) is 7.52. The van der Waals surface area contributed by atoms with Crippen molar-refractivity contribution in [2.24, 2.45) is 0 Å². The standard InChI is InChI=1S/C16H34O3Si/c1-9-10-11-12-16(5,13-14(17)18-6)19-20(7,8)15(2,3)4/h9-13H2,1-8H3/t16-/m1/s1. The smallest absolute Gasteiger partial charge is 0.308 e. The van der Waals surface area contributed by atoms with E-state index in [0.29, 0.717) is 6.42 Å². The third-order valence-electron chi connectivity index (χ3n) is 4.36. The summed E-state index contributed by atoms with van der Waals surface area (Å²) in [5.41, 5.74) is -0.398. The van der Waals surface area contributed by atoms with E-state index in [1.807, 2.05) is 0 Å². The average molecular weight is 303 g/mol. The molecule has 0 fully saturated rings. The molecule has 0 amide bonds. The molecular weight excluding hydrogens is 268 g/mol. The van der Waals surface area contributed by atoms with Crippen LogP contribution in [-0.2, 0) is 14.0 Å². The van der Waals surface area contributed by atoms with Gasteiger partial charge < -0.3 is 9.16 Å². The number of carbonyl (C=O) groups excluding carboxylic acids is 1. The molecular formula is C16H34O3Si. The van der Waals surface area contributed by atoms with Crippen molar-refractivity contribution in [3.8, 4) is 0 Å². The van der Waals surface area contributed by atoms with Gasteiger partial charge in [0.15, 0.2) is 8.32 Å². The summed E-state index contributed by atoms with van der Waals surface area (Å²) >= 11 is 0. The van der Waals surface area contributed by atoms with Crippen LogP contribution in [0.4, 0.5) is 0 Å². The number of carbonyl (C=O) groups is 1. The van der Waals surface area contributed by atoms with Gasteiger partial charge in [-0.25, -0.2) is 0 Å². The largest absolute Gasteiger partial charge is 0.469 e. The van der Waals surface area contributed by atoms with Crippen LogP contribution in [0.2, 0.25) is 18.1 Å². The van der Waals surface area contributed by atoms with Crippen molar-refractivity contribution in [2.75, 3.05) is 7.11 Å². The van der Waals surface area contributed by atoms with Crippen molar-refractivity contribution in [3.05, 3.63) is 0 Å². The molecule has 0 heterocycles. The van der Waals surface area contributed by atoms with Crippen molar-refractivity contribution >= 4 is 14.3 Å². The van der Waals surface area contributed by atoms with Gasteiger partial charge in [0, 0.05) is 0 Å². The van der Waals surface area contributed by atoms with Gasteiger partial charge in [0.05, 0.1) is 19.1 Å². The summed E-state index contributed by atoms with van der Waals surface area (Å²) in [6.07, 6.45) is 4.72. The molecule has 0 saturated carbocycles. The maximum absolute atomic E-state index is 11.7. The van der Waals surface area contributed by atoms with Crippen LogP contribution in [-0.4, -0.2) is 27.0 Å². The maximum Gasteiger partial charge on any atom is 0.308 e. The van der Waals surface area contributed by atoms with E-state index in [0.717, 1.165) is 12.8 Å². The van der Waals surface area contributed by atoms with Crippen LogP contribution in [0.15, 0.2) is 0 Å². The lowest BCUT2D eigenvalue weighted by atomic mass is 9.95. The van der Waals surface area contributed by atoms with Crippen LogP contribution in [0.3, 0.4) is 0 Å². The van der Waals surface area contributed by atoms with E-state index in [2.05, 4.69) is 47.7 Å². The molecule has 0 aromatic rings. The fourth-order valence-electron chi connectivity index (χ4n) is 2.07. The minimum atomic E-state index is -1.89. The van der Waals surface area contributed by atoms with Crippen molar-refractivity contribution < 1.29 is 14.0 Å². The summed E-state index contributed by atoms with van der Waals surface area (Å²) in [5.74, 6) is -0.178. The van der Waals surface area contributed by atoms with Crippen molar-refractivity contribution in [3.63, 3.8) is 0 Å². The minimum Gasteiger partial charge on any atom is -0.469 e. The lowest BCUT2D eigenvalue weighted by molar-refractivity contribution is -0.145. The van der Waals surface area contributed by atoms with E-state index < -0.39 is 13.9 Å². The van der Waals surface area contributed by atoms with Crippen LogP contribution >= 0.6 is 0 Å². The third-order valence-corrected chi connectivity index (χ3v) is 8.98. The molecule has 4 heteroatoms. The monoisotopic (exact) mass is 302 g/mol. The number of ether oxygens (including phenoxy) is 1. The zero-order chi connectivity index (χ0) is 16.0. The summed E-state index contributed by atoms with van der Waals surface area (Å²) in [6, 6.07) is 0. The minimum absolute atomic E-state index is 0.148. The van der Waals surface area contributed by atoms with Gasteiger partial charge in [0.25, 0.3) is 0 Å². The fraction of sp³-hybridized carbons (Fsp3) is 0.938. The molecule has 120 valence electrons. The highest BCUT2D eigenvalue weighted by Gasteiger charge is 2.43. The molecule has 0 saturated heterocycles. The summed E-state index contributed by atoms with van der Waals surface area (Å²) < 4.78 is 11.4. The Morgan fingerprint density at radius 2 is 1.65 bits per heavy atom. The van der Waals surface area contributed by atoms with Gasteiger partial charge in [-0.1, -0.05) is 47.0 Å². The molecule has 0 unspecified atom stereocenters. The molecule has 3 nitrogen and oxygen atoms in total. The molecule has 0 N–H and O–H groups in total. The van der Waals surface area contributed by atoms with Crippen molar-refractivity contribution in [1.29, 1.82) is 0 Å². The number of rotatable bonds is 8. The second-order valence-corrected chi connectivity index (χ2v) is 12.2. The molecule has 20 heavy (non-hydrogen) atoms. The van der Waals surface area contributed by atoms with Crippen molar-refractivity contribution in [1.82, 2.24) is 0 Å². The molecule has 0 aliphatic rings. The summed E-state index contributed by atoms with van der Waals surface area (Å²) in [5, 5.41) is 0.148. The quantitative estimate of drug-likeness (QED) is 0.363. The molecule has 0 aromatic heterocycles. The maximum atomic E-state index is 11.7. The molecule has 0 aliphatic heterocycles. The Morgan fingerprint density at radius 1 is 1.10 bits per heavy atom. The molecule has 0 bridgehead atoms. The topological polar surface area (TPSA) is 35.5 Å². The van der Waals surface area contributed by atoms with Crippen LogP contribution in [0.25, 0.3) is 0 Å². The summed E-state index contributed by atoms with van der Waals surface area (Å²) in [6.45, 7) is 15.4. The highest BCUT2D eigenvalue weighted by Crippen LogP contribution is 2.41. The first kappa shape index (κ1) is 19.6. The average Bonchev–Trinajstić information content (AvgIpc) is 2.26. The Hall–Kier alpha value is -0.353. The Kier molecular flexibility index (Phi) is 7.46. The van der Waals surface area contributed by atoms with Gasteiger partial charge in [-0.2, -0.15) is 0 Å². The van der Waals surface area contributed by atoms with Crippen LogP contribution in [0.5, 0.6) is 0 Å². The summed E-state index contributed by atoms with van der Waals surface area (Å²) in [7, 11) is -0.442. The predicted molar refractivity (Wildman–Crippen MR) is 87.5 cm³/mol. The highest BCUT2D eigenvalue weighted by molar-refractivity contribution is 6.74. The number of unbranched alkanes of at least 4 members (excludes halogenated alkanes) is 2. The third kappa shape index (κ3) is 6.40. The van der Waals surface area contributed by atoms with E-state index in [9.17, 15) is 4.79 Å². The lowest BCUT2D eigenvalue weighted by Crippen LogP contribution is -2.49. The highest BCUT2D eigenvalue weighted by atomic mass is 28.4. The zero-order valence-corrected chi connectivity index (χ0v) is 15.8. The van der Waals surface area contributed by atoms with Crippen molar-refractivity contribution in [2.45, 2.75) is 90.5 Å². The zero-order valence-electron chi connectivity index (χ0n) is 14.8. The molecule has 0 radical (unpaired) electrons. The molecule has 0 spiro atoms. The Labute approximate surface area is 126 Å². The number of esters is 1. The van der Waals surface area contributed by atoms with Crippen LogP contribution in [0.1, 0.15) is 66.7 Å². The molecule has 1 atom stereocenters. The Balaban J connectivity index is 4.97. The van der Waals surface area contributed by atoms with Gasteiger partial charge in [-0.05, 0) is 31.5 Å². The number of hydrogen-bond donors (Lipinski definition) is 0. The Bertz CT molecular complexity index is 307. The molecule has 0 aliphatic carbocycles. The predicted octanol–water partition coefficient (Wildman–Crippen LogP) is 4.91. The van der Waals surface area contributed by atoms with E-state index in [1.54, 1.807) is 0 Å². The lowest BCUT2D eigenvalue weighted by Gasteiger charge is -2.44. The van der Waals surface area contributed by atoms with E-state index in [4.69, 9.17) is 9.16 Å². The SMILES string of the molecule is CCCCC[C@](C)(CC(=O)OC)O[Si](C)(C)C(C)(C)C. The summed E-state index contributed by atoms with van der Waals surface area (Å²) in [4.78, 5) is 11.7. The van der Waals surface area contributed by atoms with Crippen LogP contribution in [0, 0.1) is 0 Å². The van der Waals surface area contributed by atoms with Gasteiger partial charge in [0.1, 0.15) is 0 Å². The fourth-order valence-corrected chi connectivity index (χ4v) is 3.78. The Morgan fingerprint density at radius 3 is 2.05 bits per heavy atom. The van der Waals surface area contributed by atoms with E-state index in [1.165, 1.54) is 20.0 Å². The van der Waals surface area contributed by atoms with Gasteiger partial charge in [0.2, 0.25) is 0 Å². The molecule has 0 aromatic carbocycles. The van der Waals surface area contributed by atoms with Gasteiger partial charge in [-0.3, -0.25) is 4.79 Å². The first-order valence-corrected chi connectivity index (χ1v) is 10.7. The van der Waals surface area contributed by atoms with Gasteiger partial charge in [-0.15, -0.1) is 0 Å². The number of methoxy groups -OCH3 is 1. The van der Waals surface area contributed by atoms with Gasteiger partial charge >= 0.3 is 5.97 Å².